The van der Waals surface area contributed by atoms with Gasteiger partial charge in [0.1, 0.15) is 6.10 Å². The van der Waals surface area contributed by atoms with Crippen LogP contribution in [0.25, 0.3) is 0 Å². The highest BCUT2D eigenvalue weighted by molar-refractivity contribution is 7.10. The van der Waals surface area contributed by atoms with E-state index in [2.05, 4.69) is 30.6 Å². The Kier molecular flexibility index (Phi) is 4.27. The molecule has 0 unspecified atom stereocenters. The lowest BCUT2D eigenvalue weighted by molar-refractivity contribution is 0.0995. The molecular formula is C14H21NO2S. The second kappa shape index (κ2) is 5.74. The summed E-state index contributed by atoms with van der Waals surface area (Å²) < 4.78 is 5.38. The van der Waals surface area contributed by atoms with Crippen molar-refractivity contribution in [2.75, 3.05) is 6.54 Å². The number of ether oxygens (including phenoxy) is 1. The Labute approximate surface area is 113 Å². The minimum absolute atomic E-state index is 0.0388. The first-order chi connectivity index (χ1) is 8.58. The summed E-state index contributed by atoms with van der Waals surface area (Å²) in [4.78, 5) is 13.0. The summed E-state index contributed by atoms with van der Waals surface area (Å²) in [6.07, 6.45) is 4.25. The molecule has 1 heterocycles. The van der Waals surface area contributed by atoms with Crippen molar-refractivity contribution in [2.45, 2.75) is 51.0 Å². The van der Waals surface area contributed by atoms with E-state index in [1.54, 1.807) is 11.3 Å². The van der Waals surface area contributed by atoms with Crippen LogP contribution < -0.4 is 5.32 Å². The lowest BCUT2D eigenvalue weighted by atomic mass is 9.91. The van der Waals surface area contributed by atoms with Gasteiger partial charge in [0, 0.05) is 16.8 Å². The fraction of sp³-hybridized carbons (Fsp3) is 0.643. The second-order valence-corrected chi connectivity index (χ2v) is 6.47. The van der Waals surface area contributed by atoms with E-state index in [-0.39, 0.29) is 17.6 Å². The molecule has 3 nitrogen and oxygen atoms in total. The molecule has 1 aromatic rings. The molecule has 1 amide bonds. The van der Waals surface area contributed by atoms with Crippen LogP contribution in [0.5, 0.6) is 0 Å². The van der Waals surface area contributed by atoms with Crippen molar-refractivity contribution < 1.29 is 9.53 Å². The van der Waals surface area contributed by atoms with Crippen molar-refractivity contribution in [3.63, 3.8) is 0 Å². The number of alkyl carbamates (subject to hydrolysis) is 1. The molecule has 18 heavy (non-hydrogen) atoms. The molecule has 4 heteroatoms. The Hall–Kier alpha value is -1.03. The average Bonchev–Trinajstić information content (AvgIpc) is 2.99. The standard InChI is InChI=1S/C14H21NO2S/c1-14(2,12-8-5-9-18-12)10-15-13(16)17-11-6-3-4-7-11/h5,8-9,11H,3-4,6-7,10H2,1-2H3,(H,15,16). The Bertz CT molecular complexity index is 381. The van der Waals surface area contributed by atoms with Gasteiger partial charge in [0.15, 0.2) is 0 Å². The second-order valence-electron chi connectivity index (χ2n) is 5.53. The van der Waals surface area contributed by atoms with Crippen molar-refractivity contribution in [1.29, 1.82) is 0 Å². The van der Waals surface area contributed by atoms with Crippen LogP contribution in [0.2, 0.25) is 0 Å². The molecule has 0 aromatic carbocycles. The zero-order valence-electron chi connectivity index (χ0n) is 11.1. The van der Waals surface area contributed by atoms with Crippen molar-refractivity contribution >= 4 is 17.4 Å². The van der Waals surface area contributed by atoms with Gasteiger partial charge >= 0.3 is 6.09 Å². The molecule has 0 saturated heterocycles. The van der Waals surface area contributed by atoms with E-state index in [9.17, 15) is 4.79 Å². The highest BCUT2D eigenvalue weighted by atomic mass is 32.1. The van der Waals surface area contributed by atoms with E-state index >= 15 is 0 Å². The van der Waals surface area contributed by atoms with Crippen LogP contribution in [-0.2, 0) is 10.2 Å². The number of nitrogens with one attached hydrogen (secondary N) is 1. The van der Waals surface area contributed by atoms with Gasteiger partial charge in [0.25, 0.3) is 0 Å². The fourth-order valence-electron chi connectivity index (χ4n) is 2.24. The van der Waals surface area contributed by atoms with Gasteiger partial charge in [-0.15, -0.1) is 11.3 Å². The molecule has 0 bridgehead atoms. The monoisotopic (exact) mass is 267 g/mol. The number of carbonyl (C=O) groups excluding carboxylic acids is 1. The minimum atomic E-state index is -0.272. The third kappa shape index (κ3) is 3.48. The zero-order chi connectivity index (χ0) is 13.0. The van der Waals surface area contributed by atoms with Crippen LogP contribution in [0.15, 0.2) is 17.5 Å². The van der Waals surface area contributed by atoms with Gasteiger partial charge in [0.2, 0.25) is 0 Å². The van der Waals surface area contributed by atoms with Gasteiger partial charge in [-0.25, -0.2) is 4.79 Å². The lowest BCUT2D eigenvalue weighted by Crippen LogP contribution is -2.37. The maximum atomic E-state index is 11.7. The number of rotatable bonds is 4. The first-order valence-corrected chi connectivity index (χ1v) is 7.44. The first-order valence-electron chi connectivity index (χ1n) is 6.56. The molecule has 1 aliphatic carbocycles. The zero-order valence-corrected chi connectivity index (χ0v) is 11.9. The summed E-state index contributed by atoms with van der Waals surface area (Å²) >= 11 is 1.72. The summed E-state index contributed by atoms with van der Waals surface area (Å²) in [5.41, 5.74) is -0.0388. The molecule has 1 fully saturated rings. The lowest BCUT2D eigenvalue weighted by Gasteiger charge is -2.24. The molecule has 0 radical (unpaired) electrons. The molecule has 1 saturated carbocycles. The minimum Gasteiger partial charge on any atom is -0.446 e. The van der Waals surface area contributed by atoms with Crippen LogP contribution in [-0.4, -0.2) is 18.7 Å². The van der Waals surface area contributed by atoms with Crippen molar-refractivity contribution in [1.82, 2.24) is 5.32 Å². The average molecular weight is 267 g/mol. The van der Waals surface area contributed by atoms with Crippen LogP contribution >= 0.6 is 11.3 Å². The van der Waals surface area contributed by atoms with Crippen molar-refractivity contribution in [3.8, 4) is 0 Å². The van der Waals surface area contributed by atoms with Gasteiger partial charge in [-0.05, 0) is 37.1 Å². The predicted octanol–water partition coefficient (Wildman–Crippen LogP) is 3.69. The van der Waals surface area contributed by atoms with Crippen LogP contribution in [0.1, 0.15) is 44.4 Å². The molecule has 1 N–H and O–H groups in total. The Morgan fingerprint density at radius 2 is 2.22 bits per heavy atom. The van der Waals surface area contributed by atoms with Crippen LogP contribution in [0, 0.1) is 0 Å². The number of carbonyl (C=O) groups is 1. The van der Waals surface area contributed by atoms with Gasteiger partial charge in [-0.3, -0.25) is 0 Å². The van der Waals surface area contributed by atoms with Crippen LogP contribution in [0.3, 0.4) is 0 Å². The van der Waals surface area contributed by atoms with E-state index in [1.165, 1.54) is 17.7 Å². The molecule has 0 aliphatic heterocycles. The largest absolute Gasteiger partial charge is 0.446 e. The molecular weight excluding hydrogens is 246 g/mol. The molecule has 1 aromatic heterocycles. The molecule has 2 rings (SSSR count). The summed E-state index contributed by atoms with van der Waals surface area (Å²) in [7, 11) is 0. The van der Waals surface area contributed by atoms with Gasteiger partial charge in [-0.2, -0.15) is 0 Å². The summed E-state index contributed by atoms with van der Waals surface area (Å²) in [5, 5.41) is 4.95. The topological polar surface area (TPSA) is 38.3 Å². The van der Waals surface area contributed by atoms with E-state index in [1.807, 2.05) is 6.07 Å². The van der Waals surface area contributed by atoms with E-state index in [0.29, 0.717) is 6.54 Å². The van der Waals surface area contributed by atoms with E-state index in [4.69, 9.17) is 4.74 Å². The molecule has 0 spiro atoms. The Balaban J connectivity index is 1.78. The Morgan fingerprint density at radius 1 is 1.50 bits per heavy atom. The maximum absolute atomic E-state index is 11.7. The van der Waals surface area contributed by atoms with Crippen molar-refractivity contribution in [3.05, 3.63) is 22.4 Å². The predicted molar refractivity (Wildman–Crippen MR) is 74.1 cm³/mol. The van der Waals surface area contributed by atoms with E-state index < -0.39 is 0 Å². The summed E-state index contributed by atoms with van der Waals surface area (Å²) in [6.45, 7) is 4.88. The number of hydrogen-bond acceptors (Lipinski definition) is 3. The fourth-order valence-corrected chi connectivity index (χ4v) is 3.10. The van der Waals surface area contributed by atoms with Gasteiger partial charge < -0.3 is 10.1 Å². The SMILES string of the molecule is CC(C)(CNC(=O)OC1CCCC1)c1cccs1. The smallest absolute Gasteiger partial charge is 0.407 e. The quantitative estimate of drug-likeness (QED) is 0.903. The van der Waals surface area contributed by atoms with E-state index in [0.717, 1.165) is 12.8 Å². The molecule has 100 valence electrons. The van der Waals surface area contributed by atoms with Gasteiger partial charge in [-0.1, -0.05) is 19.9 Å². The molecule has 0 atom stereocenters. The third-order valence-electron chi connectivity index (χ3n) is 3.44. The highest BCUT2D eigenvalue weighted by Crippen LogP contribution is 2.26. The number of amides is 1. The summed E-state index contributed by atoms with van der Waals surface area (Å²) in [5.74, 6) is 0. The van der Waals surface area contributed by atoms with Crippen molar-refractivity contribution in [2.24, 2.45) is 0 Å². The van der Waals surface area contributed by atoms with Crippen LogP contribution in [0.4, 0.5) is 4.79 Å². The molecule has 1 aliphatic rings. The maximum Gasteiger partial charge on any atom is 0.407 e. The summed E-state index contributed by atoms with van der Waals surface area (Å²) in [6, 6.07) is 4.15. The highest BCUT2D eigenvalue weighted by Gasteiger charge is 2.24. The van der Waals surface area contributed by atoms with Gasteiger partial charge in [0.05, 0.1) is 0 Å². The Morgan fingerprint density at radius 3 is 2.83 bits per heavy atom. The normalized spacial score (nSPS) is 16.8. The number of thiophene rings is 1. The number of hydrogen-bond donors (Lipinski definition) is 1. The third-order valence-corrected chi connectivity index (χ3v) is 4.67. The first kappa shape index (κ1) is 13.4.